The lowest BCUT2D eigenvalue weighted by Crippen LogP contribution is -2.36. The van der Waals surface area contributed by atoms with E-state index in [0.29, 0.717) is 12.5 Å². The number of rotatable bonds is 3. The van der Waals surface area contributed by atoms with Gasteiger partial charge in [0.2, 0.25) is 0 Å². The summed E-state index contributed by atoms with van der Waals surface area (Å²) in [4.78, 5) is 2.35. The van der Waals surface area contributed by atoms with Crippen molar-refractivity contribution in [3.8, 4) is 0 Å². The van der Waals surface area contributed by atoms with Crippen LogP contribution in [-0.4, -0.2) is 29.7 Å². The molecule has 2 heterocycles. The maximum Gasteiger partial charge on any atom is 0.117 e. The van der Waals surface area contributed by atoms with Crippen LogP contribution in [0.5, 0.6) is 0 Å². The molecule has 1 N–H and O–H groups in total. The first-order valence-corrected chi connectivity index (χ1v) is 5.24. The second-order valence-electron chi connectivity index (χ2n) is 4.01. The number of hydrogen-bond donors (Lipinski definition) is 1. The van der Waals surface area contributed by atoms with Crippen LogP contribution < -0.4 is 0 Å². The van der Waals surface area contributed by atoms with E-state index in [4.69, 9.17) is 9.52 Å². The van der Waals surface area contributed by atoms with E-state index in [1.54, 1.807) is 6.26 Å². The van der Waals surface area contributed by atoms with Crippen molar-refractivity contribution in [2.45, 2.75) is 19.4 Å². The molecule has 1 atom stereocenters. The van der Waals surface area contributed by atoms with Gasteiger partial charge in [0.1, 0.15) is 5.76 Å². The zero-order valence-electron chi connectivity index (χ0n) is 8.76. The summed E-state index contributed by atoms with van der Waals surface area (Å²) in [5.74, 6) is 1.47. The summed E-state index contributed by atoms with van der Waals surface area (Å²) in [5, 5.41) is 9.08. The highest BCUT2D eigenvalue weighted by Crippen LogP contribution is 2.17. The van der Waals surface area contributed by atoms with E-state index in [-0.39, 0.29) is 12.4 Å². The first kappa shape index (κ1) is 12.6. The van der Waals surface area contributed by atoms with Gasteiger partial charge >= 0.3 is 0 Å². The molecular formula is C11H18ClNO2. The summed E-state index contributed by atoms with van der Waals surface area (Å²) < 4.78 is 5.30. The Labute approximate surface area is 96.5 Å². The molecule has 0 amide bonds. The van der Waals surface area contributed by atoms with Gasteiger partial charge in [-0.2, -0.15) is 0 Å². The van der Waals surface area contributed by atoms with Crippen molar-refractivity contribution in [2.24, 2.45) is 5.92 Å². The zero-order valence-corrected chi connectivity index (χ0v) is 9.58. The maximum absolute atomic E-state index is 9.08. The fourth-order valence-electron chi connectivity index (χ4n) is 2.07. The maximum atomic E-state index is 9.08. The van der Waals surface area contributed by atoms with Crippen LogP contribution in [0.2, 0.25) is 0 Å². The van der Waals surface area contributed by atoms with Crippen molar-refractivity contribution < 1.29 is 9.52 Å². The lowest BCUT2D eigenvalue weighted by Gasteiger charge is -2.30. The minimum absolute atomic E-state index is 0. The van der Waals surface area contributed by atoms with Crippen molar-refractivity contribution in [1.82, 2.24) is 4.90 Å². The minimum Gasteiger partial charge on any atom is -0.468 e. The predicted octanol–water partition coefficient (Wildman–Crippen LogP) is 1.91. The molecule has 0 aliphatic carbocycles. The van der Waals surface area contributed by atoms with Gasteiger partial charge < -0.3 is 9.52 Å². The highest BCUT2D eigenvalue weighted by atomic mass is 35.5. The number of aliphatic hydroxyl groups is 1. The van der Waals surface area contributed by atoms with E-state index in [9.17, 15) is 0 Å². The Morgan fingerprint density at radius 2 is 2.40 bits per heavy atom. The number of nitrogens with zero attached hydrogens (tertiary/aromatic N) is 1. The van der Waals surface area contributed by atoms with Crippen LogP contribution in [0.15, 0.2) is 22.8 Å². The molecule has 1 aliphatic rings. The first-order valence-electron chi connectivity index (χ1n) is 5.24. The quantitative estimate of drug-likeness (QED) is 0.864. The summed E-state index contributed by atoms with van der Waals surface area (Å²) in [7, 11) is 0. The van der Waals surface area contributed by atoms with Crippen LogP contribution in [0.1, 0.15) is 18.6 Å². The molecule has 1 unspecified atom stereocenters. The molecule has 2 rings (SSSR count). The number of piperidine rings is 1. The van der Waals surface area contributed by atoms with E-state index in [2.05, 4.69) is 4.90 Å². The Hall–Kier alpha value is -0.510. The Morgan fingerprint density at radius 3 is 3.07 bits per heavy atom. The van der Waals surface area contributed by atoms with E-state index in [1.807, 2.05) is 12.1 Å². The third-order valence-corrected chi connectivity index (χ3v) is 2.82. The fraction of sp³-hybridized carbons (Fsp3) is 0.636. The Morgan fingerprint density at radius 1 is 1.53 bits per heavy atom. The molecule has 3 nitrogen and oxygen atoms in total. The molecule has 1 aromatic rings. The second kappa shape index (κ2) is 6.16. The van der Waals surface area contributed by atoms with Gasteiger partial charge in [0, 0.05) is 13.2 Å². The molecule has 1 fully saturated rings. The topological polar surface area (TPSA) is 36.6 Å². The normalized spacial score (nSPS) is 22.3. The van der Waals surface area contributed by atoms with Gasteiger partial charge in [0.05, 0.1) is 12.8 Å². The summed E-state index contributed by atoms with van der Waals surface area (Å²) >= 11 is 0. The van der Waals surface area contributed by atoms with Crippen LogP contribution in [0.3, 0.4) is 0 Å². The molecule has 0 bridgehead atoms. The van der Waals surface area contributed by atoms with Crippen LogP contribution >= 0.6 is 12.4 Å². The molecule has 0 spiro atoms. The van der Waals surface area contributed by atoms with Crippen LogP contribution in [0.4, 0.5) is 0 Å². The number of halogens is 1. The molecule has 1 aliphatic heterocycles. The van der Waals surface area contributed by atoms with Crippen LogP contribution in [-0.2, 0) is 6.54 Å². The van der Waals surface area contributed by atoms with Crippen LogP contribution in [0, 0.1) is 5.92 Å². The van der Waals surface area contributed by atoms with E-state index >= 15 is 0 Å². The SMILES string of the molecule is Cl.OCC1CCCN(Cc2ccco2)C1. The lowest BCUT2D eigenvalue weighted by atomic mass is 9.99. The standard InChI is InChI=1S/C11H17NO2.ClH/c13-9-10-3-1-5-12(7-10)8-11-4-2-6-14-11;/h2,4,6,10,13H,1,3,5,7-9H2;1H. The Balaban J connectivity index is 0.00000112. The summed E-state index contributed by atoms with van der Waals surface area (Å²) in [6.45, 7) is 3.31. The summed E-state index contributed by atoms with van der Waals surface area (Å²) in [6.07, 6.45) is 4.06. The third kappa shape index (κ3) is 3.52. The monoisotopic (exact) mass is 231 g/mol. The number of likely N-dealkylation sites (tertiary alicyclic amines) is 1. The van der Waals surface area contributed by atoms with E-state index < -0.39 is 0 Å². The largest absolute Gasteiger partial charge is 0.468 e. The van der Waals surface area contributed by atoms with Gasteiger partial charge in [-0.1, -0.05) is 0 Å². The second-order valence-corrected chi connectivity index (χ2v) is 4.01. The van der Waals surface area contributed by atoms with Gasteiger partial charge in [-0.3, -0.25) is 4.90 Å². The smallest absolute Gasteiger partial charge is 0.117 e. The average molecular weight is 232 g/mol. The van der Waals surface area contributed by atoms with Gasteiger partial charge in [0.25, 0.3) is 0 Å². The highest BCUT2D eigenvalue weighted by Gasteiger charge is 2.19. The average Bonchev–Trinajstić information content (AvgIpc) is 2.71. The number of aliphatic hydroxyl groups excluding tert-OH is 1. The van der Waals surface area contributed by atoms with Crippen molar-refractivity contribution in [3.05, 3.63) is 24.2 Å². The third-order valence-electron chi connectivity index (χ3n) is 2.82. The molecule has 86 valence electrons. The summed E-state index contributed by atoms with van der Waals surface area (Å²) in [6, 6.07) is 3.92. The predicted molar refractivity (Wildman–Crippen MR) is 61.0 cm³/mol. The lowest BCUT2D eigenvalue weighted by molar-refractivity contribution is 0.110. The van der Waals surface area contributed by atoms with Crippen LogP contribution in [0.25, 0.3) is 0 Å². The first-order chi connectivity index (χ1) is 6.88. The molecule has 15 heavy (non-hydrogen) atoms. The van der Waals surface area contributed by atoms with Gasteiger partial charge in [-0.05, 0) is 37.4 Å². The molecule has 4 heteroatoms. The molecule has 0 aromatic carbocycles. The Bertz CT molecular complexity index is 264. The number of furan rings is 1. The van der Waals surface area contributed by atoms with Gasteiger partial charge in [-0.15, -0.1) is 12.4 Å². The minimum atomic E-state index is 0. The van der Waals surface area contributed by atoms with Gasteiger partial charge in [-0.25, -0.2) is 0 Å². The van der Waals surface area contributed by atoms with Crippen molar-refractivity contribution in [2.75, 3.05) is 19.7 Å². The molecular weight excluding hydrogens is 214 g/mol. The highest BCUT2D eigenvalue weighted by molar-refractivity contribution is 5.85. The molecule has 1 saturated heterocycles. The van der Waals surface area contributed by atoms with E-state index in [0.717, 1.165) is 31.8 Å². The zero-order chi connectivity index (χ0) is 9.80. The van der Waals surface area contributed by atoms with Crippen molar-refractivity contribution in [1.29, 1.82) is 0 Å². The summed E-state index contributed by atoms with van der Waals surface area (Å²) in [5.41, 5.74) is 0. The fourth-order valence-corrected chi connectivity index (χ4v) is 2.07. The molecule has 0 radical (unpaired) electrons. The van der Waals surface area contributed by atoms with E-state index in [1.165, 1.54) is 6.42 Å². The number of hydrogen-bond acceptors (Lipinski definition) is 3. The van der Waals surface area contributed by atoms with Gasteiger partial charge in [0.15, 0.2) is 0 Å². The molecule has 1 aromatic heterocycles. The Kier molecular flexibility index (Phi) is 5.15. The van der Waals surface area contributed by atoms with Crippen molar-refractivity contribution >= 4 is 12.4 Å². The van der Waals surface area contributed by atoms with Crippen molar-refractivity contribution in [3.63, 3.8) is 0 Å². The molecule has 0 saturated carbocycles.